The van der Waals surface area contributed by atoms with Gasteiger partial charge in [-0.15, -0.1) is 13.2 Å². The Balaban J connectivity index is 1.63. The van der Waals surface area contributed by atoms with E-state index in [0.717, 1.165) is 19.5 Å². The van der Waals surface area contributed by atoms with Crippen molar-refractivity contribution >= 4 is 5.91 Å². The lowest BCUT2D eigenvalue weighted by Crippen LogP contribution is -2.48. The number of para-hydroxylation sites is 1. The molecule has 7 heteroatoms. The predicted octanol–water partition coefficient (Wildman–Crippen LogP) is 2.80. The van der Waals surface area contributed by atoms with Crippen molar-refractivity contribution in [1.82, 2.24) is 10.6 Å². The molecule has 1 saturated carbocycles. The van der Waals surface area contributed by atoms with Gasteiger partial charge in [-0.2, -0.15) is 0 Å². The number of amides is 1. The Morgan fingerprint density at radius 1 is 1.33 bits per heavy atom. The molecule has 1 aromatic carbocycles. The first-order valence-electron chi connectivity index (χ1n) is 8.21. The Morgan fingerprint density at radius 3 is 2.79 bits per heavy atom. The average Bonchev–Trinajstić information content (AvgIpc) is 3.29. The molecule has 0 bridgehead atoms. The van der Waals surface area contributed by atoms with Crippen LogP contribution in [0.1, 0.15) is 31.2 Å². The van der Waals surface area contributed by atoms with Crippen LogP contribution in [0.5, 0.6) is 5.75 Å². The normalized spacial score (nSPS) is 29.8. The third-order valence-electron chi connectivity index (χ3n) is 4.78. The second-order valence-corrected chi connectivity index (χ2v) is 6.62. The van der Waals surface area contributed by atoms with E-state index in [9.17, 15) is 18.0 Å². The SMILES string of the molecule is CC1CNCCC1NC(=O)C1CC1c1ccccc1OC(F)(F)F. The van der Waals surface area contributed by atoms with Crippen LogP contribution in [0.4, 0.5) is 13.2 Å². The molecule has 0 radical (unpaired) electrons. The number of halogens is 3. The zero-order valence-corrected chi connectivity index (χ0v) is 13.4. The summed E-state index contributed by atoms with van der Waals surface area (Å²) in [5, 5.41) is 6.33. The second-order valence-electron chi connectivity index (χ2n) is 6.62. The molecule has 0 spiro atoms. The molecule has 1 amide bonds. The number of alkyl halides is 3. The van der Waals surface area contributed by atoms with Gasteiger partial charge in [-0.1, -0.05) is 25.1 Å². The molecule has 1 aliphatic carbocycles. The van der Waals surface area contributed by atoms with Gasteiger partial charge in [-0.05, 0) is 49.4 Å². The van der Waals surface area contributed by atoms with Crippen LogP contribution in [0.25, 0.3) is 0 Å². The van der Waals surface area contributed by atoms with Gasteiger partial charge in [0.2, 0.25) is 5.91 Å². The van der Waals surface area contributed by atoms with Gasteiger partial charge in [0.15, 0.2) is 0 Å². The summed E-state index contributed by atoms with van der Waals surface area (Å²) in [7, 11) is 0. The molecule has 1 heterocycles. The Labute approximate surface area is 138 Å². The highest BCUT2D eigenvalue weighted by molar-refractivity contribution is 5.83. The lowest BCUT2D eigenvalue weighted by Gasteiger charge is -2.30. The van der Waals surface area contributed by atoms with Crippen LogP contribution >= 0.6 is 0 Å². The second kappa shape index (κ2) is 6.63. The minimum Gasteiger partial charge on any atom is -0.405 e. The maximum absolute atomic E-state index is 12.5. The molecule has 0 aromatic heterocycles. The summed E-state index contributed by atoms with van der Waals surface area (Å²) in [5.74, 6) is -0.410. The van der Waals surface area contributed by atoms with E-state index in [2.05, 4.69) is 22.3 Å². The number of hydrogen-bond acceptors (Lipinski definition) is 3. The van der Waals surface area contributed by atoms with Crippen LogP contribution in [0, 0.1) is 11.8 Å². The highest BCUT2D eigenvalue weighted by Gasteiger charge is 2.47. The minimum absolute atomic E-state index is 0.0689. The maximum Gasteiger partial charge on any atom is 0.573 e. The van der Waals surface area contributed by atoms with Crippen molar-refractivity contribution in [3.05, 3.63) is 29.8 Å². The van der Waals surface area contributed by atoms with Gasteiger partial charge in [-0.3, -0.25) is 4.79 Å². The number of carbonyl (C=O) groups is 1. The van der Waals surface area contributed by atoms with Gasteiger partial charge >= 0.3 is 6.36 Å². The van der Waals surface area contributed by atoms with E-state index >= 15 is 0 Å². The van der Waals surface area contributed by atoms with Crippen LogP contribution in [0.15, 0.2) is 24.3 Å². The maximum atomic E-state index is 12.5. The number of hydrogen-bond donors (Lipinski definition) is 2. The fraction of sp³-hybridized carbons (Fsp3) is 0.588. The lowest BCUT2D eigenvalue weighted by molar-refractivity contribution is -0.274. The number of nitrogens with one attached hydrogen (secondary N) is 2. The molecule has 3 rings (SSSR count). The molecule has 4 nitrogen and oxygen atoms in total. The highest BCUT2D eigenvalue weighted by atomic mass is 19.4. The summed E-state index contributed by atoms with van der Waals surface area (Å²) < 4.78 is 41.6. The molecule has 24 heavy (non-hydrogen) atoms. The topological polar surface area (TPSA) is 50.4 Å². The molecule has 4 atom stereocenters. The summed E-state index contributed by atoms with van der Waals surface area (Å²) in [6.07, 6.45) is -3.30. The standard InChI is InChI=1S/C17H21F3N2O2/c1-10-9-21-7-6-14(10)22-16(23)13-8-12(13)11-4-2-3-5-15(11)24-17(18,19)20/h2-5,10,12-14,21H,6-9H2,1H3,(H,22,23). The predicted molar refractivity (Wildman–Crippen MR) is 82.6 cm³/mol. The smallest absolute Gasteiger partial charge is 0.405 e. The molecular weight excluding hydrogens is 321 g/mol. The first kappa shape index (κ1) is 17.1. The van der Waals surface area contributed by atoms with Crippen LogP contribution in [0.3, 0.4) is 0 Å². The summed E-state index contributed by atoms with van der Waals surface area (Å²) >= 11 is 0. The molecule has 2 fully saturated rings. The number of carbonyl (C=O) groups excluding carboxylic acids is 1. The van der Waals surface area contributed by atoms with Crippen molar-refractivity contribution in [3.8, 4) is 5.75 Å². The number of benzene rings is 1. The molecule has 1 aliphatic heterocycles. The van der Waals surface area contributed by atoms with Gasteiger partial charge in [0.25, 0.3) is 0 Å². The van der Waals surface area contributed by atoms with E-state index in [1.165, 1.54) is 12.1 Å². The Bertz CT molecular complexity index is 606. The van der Waals surface area contributed by atoms with Crippen LogP contribution in [-0.4, -0.2) is 31.4 Å². The van der Waals surface area contributed by atoms with Crippen molar-refractivity contribution in [2.45, 2.75) is 38.1 Å². The number of rotatable bonds is 4. The summed E-state index contributed by atoms with van der Waals surface area (Å²) in [5.41, 5.74) is 0.452. The summed E-state index contributed by atoms with van der Waals surface area (Å²) in [6, 6.07) is 6.19. The molecule has 1 saturated heterocycles. The molecule has 2 aliphatic rings. The lowest BCUT2D eigenvalue weighted by atomic mass is 9.95. The van der Waals surface area contributed by atoms with Crippen molar-refractivity contribution in [2.24, 2.45) is 11.8 Å². The third-order valence-corrected chi connectivity index (χ3v) is 4.78. The van der Waals surface area contributed by atoms with Gasteiger partial charge in [-0.25, -0.2) is 0 Å². The van der Waals surface area contributed by atoms with Gasteiger partial charge < -0.3 is 15.4 Å². The molecule has 1 aromatic rings. The zero-order valence-electron chi connectivity index (χ0n) is 13.4. The van der Waals surface area contributed by atoms with Gasteiger partial charge in [0, 0.05) is 12.0 Å². The molecular formula is C17H21F3N2O2. The van der Waals surface area contributed by atoms with E-state index in [4.69, 9.17) is 0 Å². The highest BCUT2D eigenvalue weighted by Crippen LogP contribution is 2.51. The van der Waals surface area contributed by atoms with E-state index in [0.29, 0.717) is 17.9 Å². The Hall–Kier alpha value is -1.76. The largest absolute Gasteiger partial charge is 0.573 e. The van der Waals surface area contributed by atoms with Crippen LogP contribution in [-0.2, 0) is 4.79 Å². The zero-order chi connectivity index (χ0) is 17.3. The van der Waals surface area contributed by atoms with Crippen LogP contribution in [0.2, 0.25) is 0 Å². The van der Waals surface area contributed by atoms with E-state index < -0.39 is 6.36 Å². The van der Waals surface area contributed by atoms with E-state index in [-0.39, 0.29) is 29.5 Å². The average molecular weight is 342 g/mol. The molecule has 4 unspecified atom stereocenters. The number of piperidine rings is 1. The third kappa shape index (κ3) is 4.01. The van der Waals surface area contributed by atoms with Crippen molar-refractivity contribution in [1.29, 1.82) is 0 Å². The van der Waals surface area contributed by atoms with Crippen LogP contribution < -0.4 is 15.4 Å². The summed E-state index contributed by atoms with van der Waals surface area (Å²) in [6.45, 7) is 3.81. The number of ether oxygens (including phenoxy) is 1. The first-order valence-corrected chi connectivity index (χ1v) is 8.21. The fourth-order valence-corrected chi connectivity index (χ4v) is 3.35. The Morgan fingerprint density at radius 2 is 2.08 bits per heavy atom. The molecule has 2 N–H and O–H groups in total. The van der Waals surface area contributed by atoms with Crippen molar-refractivity contribution in [3.63, 3.8) is 0 Å². The molecule has 132 valence electrons. The quantitative estimate of drug-likeness (QED) is 0.885. The summed E-state index contributed by atoms with van der Waals surface area (Å²) in [4.78, 5) is 12.4. The van der Waals surface area contributed by atoms with Gasteiger partial charge in [0.05, 0.1) is 0 Å². The fourth-order valence-electron chi connectivity index (χ4n) is 3.35. The van der Waals surface area contributed by atoms with E-state index in [1.807, 2.05) is 0 Å². The first-order chi connectivity index (χ1) is 11.3. The van der Waals surface area contributed by atoms with Crippen molar-refractivity contribution < 1.29 is 22.7 Å². The Kier molecular flexibility index (Phi) is 4.71. The van der Waals surface area contributed by atoms with Crippen molar-refractivity contribution in [2.75, 3.05) is 13.1 Å². The van der Waals surface area contributed by atoms with E-state index in [1.54, 1.807) is 12.1 Å². The minimum atomic E-state index is -4.73. The monoisotopic (exact) mass is 342 g/mol. The van der Waals surface area contributed by atoms with Gasteiger partial charge in [0.1, 0.15) is 5.75 Å².